The highest BCUT2D eigenvalue weighted by molar-refractivity contribution is 9.10. The Bertz CT molecular complexity index is 919. The van der Waals surface area contributed by atoms with Crippen LogP contribution in [0.3, 0.4) is 0 Å². The van der Waals surface area contributed by atoms with Crippen molar-refractivity contribution < 1.29 is 19.2 Å². The summed E-state index contributed by atoms with van der Waals surface area (Å²) in [6, 6.07) is 11.3. The van der Waals surface area contributed by atoms with E-state index < -0.39 is 10.9 Å². The van der Waals surface area contributed by atoms with Crippen molar-refractivity contribution in [2.45, 2.75) is 0 Å². The number of ether oxygens (including phenoxy) is 2. The van der Waals surface area contributed by atoms with Gasteiger partial charge in [0.05, 0.1) is 17.6 Å². The number of methoxy groups -OCH3 is 1. The quantitative estimate of drug-likeness (QED) is 0.336. The average molecular weight is 403 g/mol. The van der Waals surface area contributed by atoms with Crippen LogP contribution in [-0.4, -0.2) is 23.9 Å². The number of hydrogen-bond acceptors (Lipinski definition) is 6. The van der Waals surface area contributed by atoms with Crippen molar-refractivity contribution in [2.24, 2.45) is 4.99 Å². The summed E-state index contributed by atoms with van der Waals surface area (Å²) in [5.74, 6) is -0.345. The molecule has 0 radical (unpaired) electrons. The first kappa shape index (κ1) is 16.8. The Kier molecular flexibility index (Phi) is 4.62. The van der Waals surface area contributed by atoms with Gasteiger partial charge in [-0.25, -0.2) is 9.79 Å². The second-order valence-electron chi connectivity index (χ2n) is 5.03. The standard InChI is InChI=1S/C17H11BrN2O5/c1-24-15-7-6-12(20(22)23)9-13(15)16-19-14(17(21)25-16)8-10-2-4-11(18)5-3-10/h2-9H,1H3. The van der Waals surface area contributed by atoms with Gasteiger partial charge < -0.3 is 9.47 Å². The molecule has 1 aliphatic rings. The fraction of sp³-hybridized carbons (Fsp3) is 0.0588. The van der Waals surface area contributed by atoms with Crippen LogP contribution in [0.4, 0.5) is 5.69 Å². The van der Waals surface area contributed by atoms with Crippen LogP contribution in [0, 0.1) is 10.1 Å². The molecule has 126 valence electrons. The number of nitrogens with zero attached hydrogens (tertiary/aromatic N) is 2. The van der Waals surface area contributed by atoms with Gasteiger partial charge in [0, 0.05) is 16.6 Å². The second-order valence-corrected chi connectivity index (χ2v) is 5.94. The zero-order valence-electron chi connectivity index (χ0n) is 12.9. The molecule has 0 aromatic heterocycles. The summed E-state index contributed by atoms with van der Waals surface area (Å²) in [4.78, 5) is 26.6. The van der Waals surface area contributed by atoms with Crippen molar-refractivity contribution in [2.75, 3.05) is 7.11 Å². The molecule has 2 aromatic rings. The molecule has 0 atom stereocenters. The van der Waals surface area contributed by atoms with E-state index in [1.165, 1.54) is 25.3 Å². The lowest BCUT2D eigenvalue weighted by molar-refractivity contribution is -0.384. The fourth-order valence-corrected chi connectivity index (χ4v) is 2.48. The van der Waals surface area contributed by atoms with Gasteiger partial charge in [-0.1, -0.05) is 28.1 Å². The third-order valence-corrected chi connectivity index (χ3v) is 3.95. The minimum absolute atomic E-state index is 0.0334. The molecule has 0 saturated carbocycles. The lowest BCUT2D eigenvalue weighted by Gasteiger charge is -2.06. The number of nitro groups is 1. The average Bonchev–Trinajstić information content (AvgIpc) is 2.96. The lowest BCUT2D eigenvalue weighted by Crippen LogP contribution is -2.07. The number of aliphatic imine (C=N–C) groups is 1. The van der Waals surface area contributed by atoms with Gasteiger partial charge in [-0.2, -0.15) is 0 Å². The first-order valence-corrected chi connectivity index (χ1v) is 7.88. The van der Waals surface area contributed by atoms with Gasteiger partial charge in [-0.15, -0.1) is 0 Å². The summed E-state index contributed by atoms with van der Waals surface area (Å²) in [6.07, 6.45) is 1.58. The summed E-state index contributed by atoms with van der Waals surface area (Å²) in [7, 11) is 1.42. The van der Waals surface area contributed by atoms with E-state index >= 15 is 0 Å². The van der Waals surface area contributed by atoms with Crippen molar-refractivity contribution in [1.82, 2.24) is 0 Å². The topological polar surface area (TPSA) is 91.0 Å². The largest absolute Gasteiger partial charge is 0.496 e. The first-order valence-electron chi connectivity index (χ1n) is 7.09. The molecule has 0 unspecified atom stereocenters. The van der Waals surface area contributed by atoms with E-state index in [0.29, 0.717) is 5.75 Å². The van der Waals surface area contributed by atoms with E-state index in [2.05, 4.69) is 20.9 Å². The number of carbonyl (C=O) groups excluding carboxylic acids is 1. The Morgan fingerprint density at radius 2 is 1.96 bits per heavy atom. The zero-order chi connectivity index (χ0) is 18.0. The molecule has 0 amide bonds. The monoisotopic (exact) mass is 402 g/mol. The summed E-state index contributed by atoms with van der Waals surface area (Å²) in [6.45, 7) is 0. The number of rotatable bonds is 4. The molecule has 0 aliphatic carbocycles. The lowest BCUT2D eigenvalue weighted by atomic mass is 10.1. The molecule has 25 heavy (non-hydrogen) atoms. The Morgan fingerprint density at radius 3 is 2.60 bits per heavy atom. The van der Waals surface area contributed by atoms with Crippen LogP contribution in [0.15, 0.2) is 57.6 Å². The number of halogens is 1. The first-order chi connectivity index (χ1) is 12.0. The molecule has 7 nitrogen and oxygen atoms in total. The van der Waals surface area contributed by atoms with E-state index in [4.69, 9.17) is 9.47 Å². The van der Waals surface area contributed by atoms with Gasteiger partial charge in [0.15, 0.2) is 5.70 Å². The third kappa shape index (κ3) is 3.58. The van der Waals surface area contributed by atoms with Crippen LogP contribution in [0.25, 0.3) is 6.08 Å². The third-order valence-electron chi connectivity index (χ3n) is 3.42. The smallest absolute Gasteiger partial charge is 0.363 e. The molecule has 0 saturated heterocycles. The Balaban J connectivity index is 2.01. The molecule has 0 N–H and O–H groups in total. The van der Waals surface area contributed by atoms with Gasteiger partial charge in [0.1, 0.15) is 5.75 Å². The van der Waals surface area contributed by atoms with E-state index in [-0.39, 0.29) is 22.8 Å². The SMILES string of the molecule is COc1ccc([N+](=O)[O-])cc1C1=NC(=Cc2ccc(Br)cc2)C(=O)O1. The van der Waals surface area contributed by atoms with Crippen molar-refractivity contribution in [3.63, 3.8) is 0 Å². The van der Waals surface area contributed by atoms with Gasteiger partial charge in [0.25, 0.3) is 5.69 Å². The van der Waals surface area contributed by atoms with Crippen LogP contribution in [0.2, 0.25) is 0 Å². The van der Waals surface area contributed by atoms with Gasteiger partial charge in [-0.3, -0.25) is 10.1 Å². The molecule has 3 rings (SSSR count). The molecule has 8 heteroatoms. The van der Waals surface area contributed by atoms with Crippen molar-refractivity contribution in [1.29, 1.82) is 0 Å². The van der Waals surface area contributed by atoms with Gasteiger partial charge in [-0.05, 0) is 29.8 Å². The minimum atomic E-state index is -0.633. The number of cyclic esters (lactones) is 1. The number of non-ortho nitro benzene ring substituents is 1. The van der Waals surface area contributed by atoms with Crippen LogP contribution >= 0.6 is 15.9 Å². The van der Waals surface area contributed by atoms with Gasteiger partial charge in [0.2, 0.25) is 5.90 Å². The summed E-state index contributed by atoms with van der Waals surface area (Å²) >= 11 is 3.34. The molecule has 0 fully saturated rings. The molecular formula is C17H11BrN2O5. The minimum Gasteiger partial charge on any atom is -0.496 e. The maximum absolute atomic E-state index is 12.1. The maximum atomic E-state index is 12.1. The Morgan fingerprint density at radius 1 is 1.24 bits per heavy atom. The Labute approximate surface area is 150 Å². The molecule has 2 aromatic carbocycles. The van der Waals surface area contributed by atoms with E-state index in [0.717, 1.165) is 10.0 Å². The molecular weight excluding hydrogens is 392 g/mol. The fourth-order valence-electron chi connectivity index (χ4n) is 2.22. The predicted molar refractivity (Wildman–Crippen MR) is 94.4 cm³/mol. The van der Waals surface area contributed by atoms with E-state index in [9.17, 15) is 14.9 Å². The summed E-state index contributed by atoms with van der Waals surface area (Å²) < 4.78 is 11.3. The number of hydrogen-bond donors (Lipinski definition) is 0. The second kappa shape index (κ2) is 6.86. The van der Waals surface area contributed by atoms with Crippen molar-refractivity contribution >= 4 is 39.6 Å². The van der Waals surface area contributed by atoms with Crippen LogP contribution in [0.5, 0.6) is 5.75 Å². The molecule has 1 aliphatic heterocycles. The highest BCUT2D eigenvalue weighted by Gasteiger charge is 2.27. The van der Waals surface area contributed by atoms with Gasteiger partial charge >= 0.3 is 5.97 Å². The summed E-state index contributed by atoms with van der Waals surface area (Å²) in [5.41, 5.74) is 0.959. The van der Waals surface area contributed by atoms with Crippen LogP contribution < -0.4 is 4.74 Å². The predicted octanol–water partition coefficient (Wildman–Crippen LogP) is 3.71. The van der Waals surface area contributed by atoms with Crippen LogP contribution in [0.1, 0.15) is 11.1 Å². The number of benzene rings is 2. The highest BCUT2D eigenvalue weighted by atomic mass is 79.9. The summed E-state index contributed by atoms with van der Waals surface area (Å²) in [5, 5.41) is 11.0. The van der Waals surface area contributed by atoms with E-state index in [1.807, 2.05) is 24.3 Å². The van der Waals surface area contributed by atoms with E-state index in [1.54, 1.807) is 6.08 Å². The molecule has 0 spiro atoms. The zero-order valence-corrected chi connectivity index (χ0v) is 14.5. The maximum Gasteiger partial charge on any atom is 0.363 e. The van der Waals surface area contributed by atoms with Crippen molar-refractivity contribution in [3.8, 4) is 5.75 Å². The number of nitro benzene ring substituents is 1. The normalized spacial score (nSPS) is 15.0. The molecule has 1 heterocycles. The molecule has 0 bridgehead atoms. The number of carbonyl (C=O) groups is 1. The number of esters is 1. The highest BCUT2D eigenvalue weighted by Crippen LogP contribution is 2.28. The van der Waals surface area contributed by atoms with Crippen LogP contribution in [-0.2, 0) is 9.53 Å². The Hall–Kier alpha value is -3.00. The van der Waals surface area contributed by atoms with Crippen molar-refractivity contribution in [3.05, 3.63) is 73.9 Å².